The minimum Gasteiger partial charge on any atom is -0.356 e. The van der Waals surface area contributed by atoms with Crippen LogP contribution in [0.4, 0.5) is 4.39 Å². The summed E-state index contributed by atoms with van der Waals surface area (Å²) in [4.78, 5) is 4.18. The highest BCUT2D eigenvalue weighted by Crippen LogP contribution is 2.17. The Hall–Kier alpha value is -1.94. The van der Waals surface area contributed by atoms with Crippen LogP contribution in [-0.2, 0) is 13.0 Å². The summed E-state index contributed by atoms with van der Waals surface area (Å²) >= 11 is 6.03. The molecule has 0 unspecified atom stereocenters. The number of hydrogen-bond donors (Lipinski definition) is 2. The van der Waals surface area contributed by atoms with Gasteiger partial charge in [-0.25, -0.2) is 4.39 Å². The lowest BCUT2D eigenvalue weighted by Gasteiger charge is -2.11. The Kier molecular flexibility index (Phi) is 7.58. The summed E-state index contributed by atoms with van der Waals surface area (Å²) in [6, 6.07) is 10.2. The maximum atomic E-state index is 13.1. The fraction of sp³-hybridized carbons (Fsp3) is 0.235. The standard InChI is InChI=1S/C17H18ClFN6.HI/c1-20-17(21-8-7-12-5-6-13(19)10-14(12)18)22-11-16-24-23-15-4-2-3-9-25(15)16;/h2-6,9-10H,7-8,11H2,1H3,(H2,20,21,22);1H. The van der Waals surface area contributed by atoms with E-state index in [1.54, 1.807) is 13.1 Å². The van der Waals surface area contributed by atoms with Gasteiger partial charge in [-0.15, -0.1) is 34.2 Å². The van der Waals surface area contributed by atoms with E-state index in [1.165, 1.54) is 12.1 Å². The fourth-order valence-electron chi connectivity index (χ4n) is 2.43. The van der Waals surface area contributed by atoms with Crippen molar-refractivity contribution in [2.24, 2.45) is 4.99 Å². The quantitative estimate of drug-likeness (QED) is 0.329. The predicted molar refractivity (Wildman–Crippen MR) is 112 cm³/mol. The van der Waals surface area contributed by atoms with Crippen molar-refractivity contribution >= 4 is 47.2 Å². The molecule has 0 saturated heterocycles. The third kappa shape index (κ3) is 5.04. The molecule has 9 heteroatoms. The molecule has 0 aliphatic heterocycles. The van der Waals surface area contributed by atoms with Crippen molar-refractivity contribution in [1.82, 2.24) is 25.2 Å². The van der Waals surface area contributed by atoms with E-state index in [4.69, 9.17) is 11.6 Å². The van der Waals surface area contributed by atoms with Gasteiger partial charge in [0.15, 0.2) is 17.4 Å². The molecule has 3 rings (SSSR count). The molecule has 2 heterocycles. The Morgan fingerprint density at radius 1 is 1.23 bits per heavy atom. The van der Waals surface area contributed by atoms with Gasteiger partial charge < -0.3 is 10.6 Å². The van der Waals surface area contributed by atoms with Crippen LogP contribution in [0.3, 0.4) is 0 Å². The van der Waals surface area contributed by atoms with Crippen molar-refractivity contribution in [3.05, 3.63) is 64.8 Å². The lowest BCUT2D eigenvalue weighted by Crippen LogP contribution is -2.38. The van der Waals surface area contributed by atoms with Crippen LogP contribution in [-0.4, -0.2) is 34.2 Å². The zero-order valence-electron chi connectivity index (χ0n) is 14.1. The lowest BCUT2D eigenvalue weighted by atomic mass is 10.1. The predicted octanol–water partition coefficient (Wildman–Crippen LogP) is 3.05. The molecule has 0 aliphatic rings. The van der Waals surface area contributed by atoms with Crippen molar-refractivity contribution in [3.63, 3.8) is 0 Å². The molecule has 3 aromatic rings. The van der Waals surface area contributed by atoms with Crippen molar-refractivity contribution in [2.45, 2.75) is 13.0 Å². The molecule has 0 spiro atoms. The number of aliphatic imine (C=N–C) groups is 1. The highest BCUT2D eigenvalue weighted by Gasteiger charge is 2.06. The van der Waals surface area contributed by atoms with E-state index in [-0.39, 0.29) is 29.8 Å². The normalized spacial score (nSPS) is 11.3. The van der Waals surface area contributed by atoms with Crippen molar-refractivity contribution in [2.75, 3.05) is 13.6 Å². The van der Waals surface area contributed by atoms with E-state index in [0.717, 1.165) is 17.0 Å². The maximum Gasteiger partial charge on any atom is 0.191 e. The molecule has 0 fully saturated rings. The van der Waals surface area contributed by atoms with Crippen molar-refractivity contribution in [3.8, 4) is 0 Å². The summed E-state index contributed by atoms with van der Waals surface area (Å²) in [6.45, 7) is 1.10. The van der Waals surface area contributed by atoms with Crippen LogP contribution < -0.4 is 10.6 Å². The second-order valence-corrected chi connectivity index (χ2v) is 5.79. The molecule has 0 bridgehead atoms. The molecule has 1 aromatic carbocycles. The van der Waals surface area contributed by atoms with E-state index in [0.29, 0.717) is 30.5 Å². The Morgan fingerprint density at radius 3 is 2.85 bits per heavy atom. The first-order valence-electron chi connectivity index (χ1n) is 7.84. The number of guanidine groups is 1. The monoisotopic (exact) mass is 488 g/mol. The second kappa shape index (κ2) is 9.67. The summed E-state index contributed by atoms with van der Waals surface area (Å²) in [7, 11) is 1.70. The van der Waals surface area contributed by atoms with Gasteiger partial charge in [-0.3, -0.25) is 9.39 Å². The second-order valence-electron chi connectivity index (χ2n) is 5.38. The van der Waals surface area contributed by atoms with Gasteiger partial charge in [0, 0.05) is 24.8 Å². The molecule has 0 radical (unpaired) electrons. The third-order valence-corrected chi connectivity index (χ3v) is 4.08. The minimum atomic E-state index is -0.334. The smallest absolute Gasteiger partial charge is 0.191 e. The number of pyridine rings is 1. The van der Waals surface area contributed by atoms with E-state index in [1.807, 2.05) is 28.8 Å². The van der Waals surface area contributed by atoms with E-state index in [9.17, 15) is 4.39 Å². The highest BCUT2D eigenvalue weighted by atomic mass is 127. The topological polar surface area (TPSA) is 66.6 Å². The summed E-state index contributed by atoms with van der Waals surface area (Å²) in [5.74, 6) is 1.10. The van der Waals surface area contributed by atoms with Gasteiger partial charge >= 0.3 is 0 Å². The summed E-state index contributed by atoms with van der Waals surface area (Å²) in [5, 5.41) is 15.1. The molecular formula is C17H19ClFIN6. The van der Waals surface area contributed by atoms with E-state index in [2.05, 4.69) is 25.8 Å². The number of aromatic nitrogens is 3. The number of halogens is 3. The Morgan fingerprint density at radius 2 is 2.08 bits per heavy atom. The molecule has 2 aromatic heterocycles. The van der Waals surface area contributed by atoms with Gasteiger partial charge in [-0.2, -0.15) is 0 Å². The molecule has 26 heavy (non-hydrogen) atoms. The SMILES string of the molecule is CN=C(NCCc1ccc(F)cc1Cl)NCc1nnc2ccccn12.I. The van der Waals surface area contributed by atoms with Gasteiger partial charge in [0.1, 0.15) is 5.82 Å². The molecule has 0 aliphatic carbocycles. The average molecular weight is 489 g/mol. The largest absolute Gasteiger partial charge is 0.356 e. The van der Waals surface area contributed by atoms with Crippen LogP contribution >= 0.6 is 35.6 Å². The molecule has 138 valence electrons. The fourth-order valence-corrected chi connectivity index (χ4v) is 2.70. The zero-order valence-corrected chi connectivity index (χ0v) is 17.2. The summed E-state index contributed by atoms with van der Waals surface area (Å²) < 4.78 is 15.0. The minimum absolute atomic E-state index is 0. The molecule has 0 saturated carbocycles. The summed E-state index contributed by atoms with van der Waals surface area (Å²) in [6.07, 6.45) is 2.58. The van der Waals surface area contributed by atoms with E-state index >= 15 is 0 Å². The van der Waals surface area contributed by atoms with Crippen LogP contribution in [0.1, 0.15) is 11.4 Å². The molecular weight excluding hydrogens is 470 g/mol. The van der Waals surface area contributed by atoms with Crippen LogP contribution in [0.15, 0.2) is 47.6 Å². The van der Waals surface area contributed by atoms with Gasteiger partial charge in [-0.05, 0) is 36.2 Å². The molecule has 6 nitrogen and oxygen atoms in total. The Labute approximate surface area is 172 Å². The number of rotatable bonds is 5. The number of benzene rings is 1. The first kappa shape index (κ1) is 20.4. The maximum absolute atomic E-state index is 13.1. The average Bonchev–Trinajstić information content (AvgIpc) is 3.03. The van der Waals surface area contributed by atoms with Crippen LogP contribution in [0.2, 0.25) is 5.02 Å². The first-order valence-corrected chi connectivity index (χ1v) is 8.22. The number of nitrogens with one attached hydrogen (secondary N) is 2. The first-order chi connectivity index (χ1) is 12.2. The zero-order chi connectivity index (χ0) is 17.6. The number of nitrogens with zero attached hydrogens (tertiary/aromatic N) is 4. The Balaban J connectivity index is 0.00000243. The van der Waals surface area contributed by atoms with Crippen LogP contribution in [0.5, 0.6) is 0 Å². The van der Waals surface area contributed by atoms with Crippen molar-refractivity contribution < 1.29 is 4.39 Å². The highest BCUT2D eigenvalue weighted by molar-refractivity contribution is 14.0. The number of hydrogen-bond acceptors (Lipinski definition) is 3. The van der Waals surface area contributed by atoms with Gasteiger partial charge in [0.2, 0.25) is 0 Å². The van der Waals surface area contributed by atoms with Crippen molar-refractivity contribution in [1.29, 1.82) is 0 Å². The Bertz CT molecular complexity index is 898. The molecule has 0 amide bonds. The van der Waals surface area contributed by atoms with Crippen LogP contribution in [0, 0.1) is 5.82 Å². The van der Waals surface area contributed by atoms with Gasteiger partial charge in [-0.1, -0.05) is 23.7 Å². The van der Waals surface area contributed by atoms with E-state index < -0.39 is 0 Å². The number of fused-ring (bicyclic) bond motifs is 1. The van der Waals surface area contributed by atoms with Gasteiger partial charge in [0.25, 0.3) is 0 Å². The molecule has 2 N–H and O–H groups in total. The molecule has 0 atom stereocenters. The third-order valence-electron chi connectivity index (χ3n) is 3.72. The summed E-state index contributed by atoms with van der Waals surface area (Å²) in [5.41, 5.74) is 1.68. The van der Waals surface area contributed by atoms with Crippen LogP contribution in [0.25, 0.3) is 5.65 Å². The lowest BCUT2D eigenvalue weighted by molar-refractivity contribution is 0.627. The van der Waals surface area contributed by atoms with Gasteiger partial charge in [0.05, 0.1) is 6.54 Å².